The van der Waals surface area contributed by atoms with Gasteiger partial charge in [-0.05, 0) is 58.4 Å². The molecule has 1 rings (SSSR count). The number of nitrogens with zero attached hydrogens (tertiary/aromatic N) is 2. The Hall–Kier alpha value is -2.83. The van der Waals surface area contributed by atoms with Gasteiger partial charge in [-0.2, -0.15) is 4.39 Å². The molecule has 7 heteroatoms. The van der Waals surface area contributed by atoms with Gasteiger partial charge in [0.2, 0.25) is 5.95 Å². The third-order valence-corrected chi connectivity index (χ3v) is 3.32. The topological polar surface area (TPSA) is 59.0 Å². The summed E-state index contributed by atoms with van der Waals surface area (Å²) in [6.45, 7) is 8.45. The van der Waals surface area contributed by atoms with Crippen LogP contribution in [0.4, 0.5) is 13.6 Å². The number of amidine groups is 1. The second kappa shape index (κ2) is 9.75. The minimum atomic E-state index is -1.06. The zero-order chi connectivity index (χ0) is 20.6. The molecule has 0 aliphatic heterocycles. The molecule has 0 heterocycles. The van der Waals surface area contributed by atoms with E-state index in [4.69, 9.17) is 4.74 Å². The molecule has 0 N–H and O–H groups in total. The Morgan fingerprint density at radius 2 is 1.85 bits per heavy atom. The highest BCUT2D eigenvalue weighted by atomic mass is 19.1. The molecule has 0 aliphatic rings. The van der Waals surface area contributed by atoms with Crippen LogP contribution in [-0.2, 0) is 9.53 Å². The predicted octanol–water partition coefficient (Wildman–Crippen LogP) is 5.11. The lowest BCUT2D eigenvalue weighted by Gasteiger charge is -2.31. The van der Waals surface area contributed by atoms with Crippen molar-refractivity contribution in [2.45, 2.75) is 46.3 Å². The Balaban J connectivity index is 3.45. The number of carbonyl (C=O) groups excluding carboxylic acids is 2. The number of carbonyl (C=O) groups is 2. The summed E-state index contributed by atoms with van der Waals surface area (Å²) in [7, 11) is 0. The van der Waals surface area contributed by atoms with Crippen LogP contribution in [0.15, 0.2) is 53.4 Å². The standard InChI is InChI=1S/C20H24F2N2O3/c1-6-7-18(23-17(22)12-13-25)24(19(26)27-20(3,4)5)14(2)15-8-10-16(21)11-9-15/h6-14H,1-5H3/b7-6-,17-12+,23-18+. The van der Waals surface area contributed by atoms with Gasteiger partial charge in [0.05, 0.1) is 6.04 Å². The third kappa shape index (κ3) is 7.13. The van der Waals surface area contributed by atoms with Crippen molar-refractivity contribution in [3.63, 3.8) is 0 Å². The molecule has 27 heavy (non-hydrogen) atoms. The maximum Gasteiger partial charge on any atom is 0.416 e. The van der Waals surface area contributed by atoms with Gasteiger partial charge in [0.15, 0.2) is 0 Å². The minimum absolute atomic E-state index is 0.0563. The van der Waals surface area contributed by atoms with Crippen molar-refractivity contribution in [3.05, 3.63) is 59.8 Å². The maximum absolute atomic E-state index is 13.8. The first-order chi connectivity index (χ1) is 12.6. The van der Waals surface area contributed by atoms with Crippen LogP contribution in [0.3, 0.4) is 0 Å². The summed E-state index contributed by atoms with van der Waals surface area (Å²) in [6, 6.07) is 4.92. The first-order valence-corrected chi connectivity index (χ1v) is 8.39. The number of allylic oxidation sites excluding steroid dienone is 2. The van der Waals surface area contributed by atoms with Crippen LogP contribution in [0.2, 0.25) is 0 Å². The van der Waals surface area contributed by atoms with Crippen molar-refractivity contribution < 1.29 is 23.1 Å². The van der Waals surface area contributed by atoms with Gasteiger partial charge in [-0.15, -0.1) is 0 Å². The molecule has 1 aromatic rings. The smallest absolute Gasteiger partial charge is 0.416 e. The number of amides is 1. The molecule has 5 nitrogen and oxygen atoms in total. The molecule has 0 fully saturated rings. The molecule has 0 saturated carbocycles. The van der Waals surface area contributed by atoms with Crippen molar-refractivity contribution in [2.75, 3.05) is 0 Å². The van der Waals surface area contributed by atoms with Gasteiger partial charge >= 0.3 is 6.09 Å². The number of aldehydes is 1. The van der Waals surface area contributed by atoms with Gasteiger partial charge in [0.25, 0.3) is 0 Å². The Labute approximate surface area is 158 Å². The van der Waals surface area contributed by atoms with E-state index < -0.39 is 29.5 Å². The average Bonchev–Trinajstić information content (AvgIpc) is 2.54. The second-order valence-corrected chi connectivity index (χ2v) is 6.67. The van der Waals surface area contributed by atoms with E-state index in [2.05, 4.69) is 4.99 Å². The lowest BCUT2D eigenvalue weighted by molar-refractivity contribution is -0.104. The molecule has 0 saturated heterocycles. The number of ether oxygens (including phenoxy) is 1. The van der Waals surface area contributed by atoms with Crippen LogP contribution in [0.5, 0.6) is 0 Å². The van der Waals surface area contributed by atoms with E-state index in [1.807, 2.05) is 0 Å². The number of rotatable bonds is 5. The average molecular weight is 378 g/mol. The van der Waals surface area contributed by atoms with Crippen LogP contribution in [0, 0.1) is 5.82 Å². The van der Waals surface area contributed by atoms with Crippen LogP contribution >= 0.6 is 0 Å². The van der Waals surface area contributed by atoms with Gasteiger partial charge in [-0.1, -0.05) is 18.2 Å². The van der Waals surface area contributed by atoms with E-state index in [1.54, 1.807) is 40.7 Å². The number of hydrogen-bond acceptors (Lipinski definition) is 4. The van der Waals surface area contributed by atoms with Crippen molar-refractivity contribution in [1.29, 1.82) is 0 Å². The van der Waals surface area contributed by atoms with E-state index in [1.165, 1.54) is 30.3 Å². The predicted molar refractivity (Wildman–Crippen MR) is 100 cm³/mol. The van der Waals surface area contributed by atoms with E-state index >= 15 is 0 Å². The zero-order valence-electron chi connectivity index (χ0n) is 16.1. The molecule has 0 radical (unpaired) electrons. The van der Waals surface area contributed by atoms with E-state index in [9.17, 15) is 18.4 Å². The normalized spacial score (nSPS) is 14.2. The third-order valence-electron chi connectivity index (χ3n) is 3.32. The zero-order valence-corrected chi connectivity index (χ0v) is 16.1. The molecule has 0 bridgehead atoms. The largest absolute Gasteiger partial charge is 0.443 e. The first kappa shape index (κ1) is 22.2. The molecular weight excluding hydrogens is 354 g/mol. The molecule has 1 aromatic carbocycles. The Morgan fingerprint density at radius 3 is 2.33 bits per heavy atom. The molecule has 0 spiro atoms. The Bertz CT molecular complexity index is 747. The van der Waals surface area contributed by atoms with Crippen LogP contribution < -0.4 is 0 Å². The fourth-order valence-corrected chi connectivity index (χ4v) is 2.17. The SMILES string of the molecule is C\C=C/C(=N\C(F)=C\C=O)N(C(=O)OC(C)(C)C)C(C)c1ccc(F)cc1. The number of hydrogen-bond donors (Lipinski definition) is 0. The summed E-state index contributed by atoms with van der Waals surface area (Å²) in [6.07, 6.45) is 3.13. The number of halogens is 2. The van der Waals surface area contributed by atoms with Crippen LogP contribution in [-0.4, -0.2) is 28.7 Å². The van der Waals surface area contributed by atoms with Crippen molar-refractivity contribution in [1.82, 2.24) is 4.90 Å². The molecule has 0 aromatic heterocycles. The highest BCUT2D eigenvalue weighted by Gasteiger charge is 2.30. The van der Waals surface area contributed by atoms with Crippen LogP contribution in [0.1, 0.15) is 46.2 Å². The summed E-state index contributed by atoms with van der Waals surface area (Å²) in [5, 5.41) is 0. The summed E-state index contributed by atoms with van der Waals surface area (Å²) in [5.41, 5.74) is -0.199. The maximum atomic E-state index is 13.8. The van der Waals surface area contributed by atoms with E-state index in [0.717, 1.165) is 4.90 Å². The fourth-order valence-electron chi connectivity index (χ4n) is 2.17. The van der Waals surface area contributed by atoms with Crippen molar-refractivity contribution in [2.24, 2.45) is 4.99 Å². The van der Waals surface area contributed by atoms with Gasteiger partial charge < -0.3 is 4.74 Å². The van der Waals surface area contributed by atoms with Gasteiger partial charge in [0, 0.05) is 6.08 Å². The van der Waals surface area contributed by atoms with Crippen LogP contribution in [0.25, 0.3) is 0 Å². The Kier molecular flexibility index (Phi) is 8.02. The monoisotopic (exact) mass is 378 g/mol. The summed E-state index contributed by atoms with van der Waals surface area (Å²) in [5.74, 6) is -1.53. The van der Waals surface area contributed by atoms with Gasteiger partial charge in [-0.25, -0.2) is 14.2 Å². The molecule has 1 amide bonds. The van der Waals surface area contributed by atoms with E-state index in [0.29, 0.717) is 11.6 Å². The minimum Gasteiger partial charge on any atom is -0.443 e. The van der Waals surface area contributed by atoms with Gasteiger partial charge in [0.1, 0.15) is 23.5 Å². The second-order valence-electron chi connectivity index (χ2n) is 6.67. The molecule has 1 unspecified atom stereocenters. The van der Waals surface area contributed by atoms with Crippen molar-refractivity contribution >= 4 is 18.2 Å². The number of benzene rings is 1. The summed E-state index contributed by atoms with van der Waals surface area (Å²) in [4.78, 5) is 28.2. The lowest BCUT2D eigenvalue weighted by atomic mass is 10.1. The molecule has 1 atom stereocenters. The summed E-state index contributed by atoms with van der Waals surface area (Å²) < 4.78 is 32.5. The first-order valence-electron chi connectivity index (χ1n) is 8.39. The van der Waals surface area contributed by atoms with Gasteiger partial charge in [-0.3, -0.25) is 9.69 Å². The lowest BCUT2D eigenvalue weighted by Crippen LogP contribution is -2.41. The quantitative estimate of drug-likeness (QED) is 0.235. The fraction of sp³-hybridized carbons (Fsp3) is 0.350. The Morgan fingerprint density at radius 1 is 1.26 bits per heavy atom. The van der Waals surface area contributed by atoms with E-state index in [-0.39, 0.29) is 12.1 Å². The molecule has 0 aliphatic carbocycles. The number of aliphatic imine (C=N–C) groups is 1. The molecular formula is C20H24F2N2O3. The van der Waals surface area contributed by atoms with Crippen molar-refractivity contribution in [3.8, 4) is 0 Å². The molecule has 146 valence electrons. The highest BCUT2D eigenvalue weighted by Crippen LogP contribution is 2.25. The summed E-state index contributed by atoms with van der Waals surface area (Å²) >= 11 is 0. The highest BCUT2D eigenvalue weighted by molar-refractivity contribution is 6.03.